The van der Waals surface area contributed by atoms with E-state index in [-0.39, 0.29) is 0 Å². The van der Waals surface area contributed by atoms with Gasteiger partial charge in [0.1, 0.15) is 11.5 Å². The van der Waals surface area contributed by atoms with E-state index in [4.69, 9.17) is 4.74 Å². The lowest BCUT2D eigenvalue weighted by Gasteiger charge is -2.43. The van der Waals surface area contributed by atoms with E-state index >= 15 is 0 Å². The van der Waals surface area contributed by atoms with Gasteiger partial charge in [-0.1, -0.05) is 194 Å². The smallest absolute Gasteiger partial charge is 0.132 e. The average Bonchev–Trinajstić information content (AvgIpc) is 3.74. The molecule has 0 aromatic heterocycles. The van der Waals surface area contributed by atoms with E-state index in [1.807, 2.05) is 0 Å². The normalized spacial score (nSPS) is 16.4. The molecule has 256 valence electrons. The number of para-hydroxylation sites is 1. The van der Waals surface area contributed by atoms with Crippen molar-refractivity contribution in [1.29, 1.82) is 0 Å². The Kier molecular flexibility index (Phi) is 6.25. The first-order chi connectivity index (χ1) is 27.3. The molecule has 55 heavy (non-hydrogen) atoms. The summed E-state index contributed by atoms with van der Waals surface area (Å²) in [6, 6.07) is 76.1. The van der Waals surface area contributed by atoms with Gasteiger partial charge in [0, 0.05) is 11.1 Å². The molecule has 1 heterocycles. The number of hydrogen-bond acceptors (Lipinski definition) is 1. The zero-order valence-corrected chi connectivity index (χ0v) is 30.0. The number of ether oxygens (including phenoxy) is 1. The van der Waals surface area contributed by atoms with Crippen molar-refractivity contribution in [3.8, 4) is 44.9 Å². The van der Waals surface area contributed by atoms with Gasteiger partial charge in [-0.05, 0) is 89.7 Å². The quantitative estimate of drug-likeness (QED) is 0.178. The van der Waals surface area contributed by atoms with Crippen molar-refractivity contribution in [2.75, 3.05) is 0 Å². The molecule has 2 aliphatic carbocycles. The third kappa shape index (κ3) is 3.82. The van der Waals surface area contributed by atoms with E-state index in [0.717, 1.165) is 22.6 Å². The molecule has 9 aromatic carbocycles. The van der Waals surface area contributed by atoms with Crippen LogP contribution >= 0.6 is 0 Å². The highest BCUT2D eigenvalue weighted by Gasteiger charge is 2.54. The first-order valence-corrected chi connectivity index (χ1v) is 19.2. The fourth-order valence-corrected chi connectivity index (χ4v) is 10.7. The van der Waals surface area contributed by atoms with Crippen LogP contribution in [-0.2, 0) is 10.8 Å². The Bertz CT molecular complexity index is 2970. The van der Waals surface area contributed by atoms with Gasteiger partial charge in [-0.2, -0.15) is 0 Å². The minimum atomic E-state index is -0.648. The number of fused-ring (bicyclic) bond motifs is 14. The molecule has 9 aromatic rings. The fraction of sp³-hybridized carbons (Fsp3) is 0.0370. The Hall–Kier alpha value is -6.96. The summed E-state index contributed by atoms with van der Waals surface area (Å²) in [4.78, 5) is 0. The van der Waals surface area contributed by atoms with Gasteiger partial charge in [-0.25, -0.2) is 0 Å². The van der Waals surface area contributed by atoms with Crippen LogP contribution in [0.15, 0.2) is 206 Å². The highest BCUT2D eigenvalue weighted by atomic mass is 16.5. The van der Waals surface area contributed by atoms with Gasteiger partial charge >= 0.3 is 0 Å². The van der Waals surface area contributed by atoms with Gasteiger partial charge in [0.25, 0.3) is 0 Å². The second-order valence-electron chi connectivity index (χ2n) is 15.0. The van der Waals surface area contributed by atoms with E-state index in [2.05, 4.69) is 206 Å². The standard InChI is InChI=1S/C54H34O/c1-3-18-36(19-4-1)53(37-20-5-2-6-21-37)46-29-13-14-31-48(46)55-49-32-16-26-41(52(49)53)40-25-15-30-47-50(40)43-24-10-12-28-45(43)54(47)44-27-11-9-23-39(44)42-34-33-35-17-7-8-22-38(35)51(42)54/h1-34H. The average molecular weight is 699 g/mol. The van der Waals surface area contributed by atoms with Gasteiger partial charge in [0.05, 0.1) is 10.8 Å². The van der Waals surface area contributed by atoms with Gasteiger partial charge in [-0.3, -0.25) is 0 Å². The van der Waals surface area contributed by atoms with Crippen LogP contribution in [0.4, 0.5) is 0 Å². The van der Waals surface area contributed by atoms with Crippen LogP contribution in [0.2, 0.25) is 0 Å². The zero-order valence-electron chi connectivity index (χ0n) is 30.0. The van der Waals surface area contributed by atoms with E-state index in [9.17, 15) is 0 Å². The van der Waals surface area contributed by atoms with E-state index in [1.54, 1.807) is 0 Å². The summed E-state index contributed by atoms with van der Waals surface area (Å²) in [6.07, 6.45) is 0. The van der Waals surface area contributed by atoms with Crippen LogP contribution in [0.3, 0.4) is 0 Å². The Morgan fingerprint density at radius 2 is 0.818 bits per heavy atom. The Labute approximate surface area is 320 Å². The molecule has 1 spiro atoms. The van der Waals surface area contributed by atoms with Gasteiger partial charge < -0.3 is 4.74 Å². The molecule has 1 aliphatic heterocycles. The van der Waals surface area contributed by atoms with Gasteiger partial charge in [0.2, 0.25) is 0 Å². The maximum atomic E-state index is 6.96. The van der Waals surface area contributed by atoms with Crippen LogP contribution in [0.5, 0.6) is 11.5 Å². The molecule has 3 aliphatic rings. The van der Waals surface area contributed by atoms with Crippen molar-refractivity contribution in [2.45, 2.75) is 10.8 Å². The highest BCUT2D eigenvalue weighted by molar-refractivity contribution is 6.06. The molecule has 0 amide bonds. The predicted molar refractivity (Wildman–Crippen MR) is 224 cm³/mol. The lowest BCUT2D eigenvalue weighted by atomic mass is 9.62. The minimum absolute atomic E-state index is 0.484. The largest absolute Gasteiger partial charge is 0.457 e. The summed E-state index contributed by atoms with van der Waals surface area (Å²) in [5.74, 6) is 1.76. The number of benzene rings is 9. The van der Waals surface area contributed by atoms with Crippen LogP contribution in [-0.4, -0.2) is 0 Å². The lowest BCUT2D eigenvalue weighted by Crippen LogP contribution is -2.34. The Morgan fingerprint density at radius 3 is 1.60 bits per heavy atom. The van der Waals surface area contributed by atoms with Crippen LogP contribution in [0.1, 0.15) is 44.5 Å². The molecule has 1 heteroatoms. The maximum absolute atomic E-state index is 6.96. The van der Waals surface area contributed by atoms with Crippen molar-refractivity contribution in [1.82, 2.24) is 0 Å². The second kappa shape index (κ2) is 11.3. The summed E-state index contributed by atoms with van der Waals surface area (Å²) in [5.41, 5.74) is 16.6. The number of rotatable bonds is 3. The minimum Gasteiger partial charge on any atom is -0.457 e. The van der Waals surface area contributed by atoms with Crippen LogP contribution in [0, 0.1) is 0 Å². The van der Waals surface area contributed by atoms with Crippen LogP contribution in [0.25, 0.3) is 44.2 Å². The van der Waals surface area contributed by atoms with Crippen molar-refractivity contribution in [3.05, 3.63) is 251 Å². The Morgan fingerprint density at radius 1 is 0.291 bits per heavy atom. The van der Waals surface area contributed by atoms with Gasteiger partial charge in [-0.15, -0.1) is 0 Å². The third-order valence-electron chi connectivity index (χ3n) is 12.6. The number of hydrogen-bond donors (Lipinski definition) is 0. The van der Waals surface area contributed by atoms with E-state index < -0.39 is 10.8 Å². The summed E-state index contributed by atoms with van der Waals surface area (Å²) in [7, 11) is 0. The molecular formula is C54H34O. The zero-order chi connectivity index (χ0) is 36.1. The topological polar surface area (TPSA) is 9.23 Å². The molecule has 0 bridgehead atoms. The van der Waals surface area contributed by atoms with Crippen molar-refractivity contribution >= 4 is 10.8 Å². The van der Waals surface area contributed by atoms with E-state index in [0.29, 0.717) is 0 Å². The lowest BCUT2D eigenvalue weighted by molar-refractivity contribution is 0.435. The third-order valence-corrected chi connectivity index (χ3v) is 12.6. The SMILES string of the molecule is c1ccc(C2(c3ccccc3)c3ccccc3Oc3cccc(-c4cccc5c4-c4ccccc4C54c5ccccc5-c5ccc6ccccc6c54)c32)cc1. The second-order valence-corrected chi connectivity index (χ2v) is 15.0. The molecule has 1 nitrogen and oxygen atoms in total. The van der Waals surface area contributed by atoms with Gasteiger partial charge in [0.15, 0.2) is 0 Å². The summed E-state index contributed by atoms with van der Waals surface area (Å²) >= 11 is 0. The molecule has 1 atom stereocenters. The van der Waals surface area contributed by atoms with Crippen molar-refractivity contribution < 1.29 is 4.74 Å². The fourth-order valence-electron chi connectivity index (χ4n) is 10.7. The predicted octanol–water partition coefficient (Wildman–Crippen LogP) is 13.3. The molecular weight excluding hydrogens is 665 g/mol. The first kappa shape index (κ1) is 30.5. The summed E-state index contributed by atoms with van der Waals surface area (Å²) in [5, 5.41) is 2.57. The molecule has 0 fully saturated rings. The Balaban J connectivity index is 1.23. The monoisotopic (exact) mass is 698 g/mol. The molecule has 0 saturated heterocycles. The maximum Gasteiger partial charge on any atom is 0.132 e. The first-order valence-electron chi connectivity index (χ1n) is 19.2. The van der Waals surface area contributed by atoms with E-state index in [1.165, 1.54) is 77.5 Å². The molecule has 1 unspecified atom stereocenters. The van der Waals surface area contributed by atoms with Crippen molar-refractivity contribution in [3.63, 3.8) is 0 Å². The molecule has 0 saturated carbocycles. The van der Waals surface area contributed by atoms with Crippen LogP contribution < -0.4 is 4.74 Å². The molecule has 0 radical (unpaired) electrons. The molecule has 12 rings (SSSR count). The highest BCUT2D eigenvalue weighted by Crippen LogP contribution is 2.66. The summed E-state index contributed by atoms with van der Waals surface area (Å²) < 4.78 is 6.96. The molecule has 0 N–H and O–H groups in total. The summed E-state index contributed by atoms with van der Waals surface area (Å²) in [6.45, 7) is 0. The van der Waals surface area contributed by atoms with Crippen molar-refractivity contribution in [2.24, 2.45) is 0 Å².